The van der Waals surface area contributed by atoms with E-state index in [-0.39, 0.29) is 0 Å². The van der Waals surface area contributed by atoms with Crippen LogP contribution < -0.4 is 4.90 Å². The van der Waals surface area contributed by atoms with Crippen LogP contribution in [-0.4, -0.2) is 62.7 Å². The Labute approximate surface area is 139 Å². The molecule has 0 unspecified atom stereocenters. The van der Waals surface area contributed by atoms with E-state index in [1.807, 2.05) is 13.2 Å². The minimum atomic E-state index is -0.914. The summed E-state index contributed by atoms with van der Waals surface area (Å²) in [4.78, 5) is 23.9. The predicted octanol–water partition coefficient (Wildman–Crippen LogP) is 1.59. The van der Waals surface area contributed by atoms with Crippen molar-refractivity contribution < 1.29 is 15.0 Å². The molecule has 0 aromatic carbocycles. The summed E-state index contributed by atoms with van der Waals surface area (Å²) >= 11 is 1.45. The summed E-state index contributed by atoms with van der Waals surface area (Å²) in [5, 5.41) is 20.2. The van der Waals surface area contributed by atoms with Crippen molar-refractivity contribution in [3.05, 3.63) is 11.3 Å². The van der Waals surface area contributed by atoms with Crippen LogP contribution >= 0.6 is 11.8 Å². The topological polar surface area (TPSA) is 89.8 Å². The Bertz CT molecular complexity index is 623. The fourth-order valence-electron chi connectivity index (χ4n) is 3.31. The Kier molecular flexibility index (Phi) is 4.37. The zero-order valence-electron chi connectivity index (χ0n) is 13.4. The third-order valence-electron chi connectivity index (χ3n) is 4.45. The number of β-amino-alcohol motifs (C(OH)–C–C–N with tert-alkyl or cyclic N) is 1. The van der Waals surface area contributed by atoms with E-state index in [0.29, 0.717) is 31.2 Å². The van der Waals surface area contributed by atoms with Gasteiger partial charge in [0, 0.05) is 25.2 Å². The van der Waals surface area contributed by atoms with Gasteiger partial charge < -0.3 is 20.0 Å². The van der Waals surface area contributed by atoms with Gasteiger partial charge >= 0.3 is 6.09 Å². The Balaban J connectivity index is 1.97. The molecular weight excluding hydrogens is 316 g/mol. The molecule has 3 rings (SSSR count). The number of aromatic nitrogens is 2. The first-order valence-corrected chi connectivity index (χ1v) is 9.01. The first kappa shape index (κ1) is 16.3. The quantitative estimate of drug-likeness (QED) is 0.625. The summed E-state index contributed by atoms with van der Waals surface area (Å²) in [6, 6.07) is 0. The third kappa shape index (κ3) is 3.37. The lowest BCUT2D eigenvalue weighted by Gasteiger charge is -2.39. The van der Waals surface area contributed by atoms with Crippen LogP contribution in [-0.2, 0) is 13.0 Å². The van der Waals surface area contributed by atoms with Crippen LogP contribution in [0.1, 0.15) is 31.0 Å². The molecule has 1 fully saturated rings. The number of carboxylic acid groups (broad SMARTS) is 1. The zero-order chi connectivity index (χ0) is 16.6. The van der Waals surface area contributed by atoms with Crippen LogP contribution in [0.25, 0.3) is 0 Å². The van der Waals surface area contributed by atoms with Gasteiger partial charge in [-0.3, -0.25) is 0 Å². The molecule has 0 radical (unpaired) electrons. The minimum Gasteiger partial charge on any atom is -0.465 e. The molecule has 7 nitrogen and oxygen atoms in total. The number of piperidine rings is 1. The Morgan fingerprint density at radius 1 is 1.35 bits per heavy atom. The van der Waals surface area contributed by atoms with Crippen molar-refractivity contribution in [2.24, 2.45) is 0 Å². The van der Waals surface area contributed by atoms with Crippen LogP contribution in [0.5, 0.6) is 0 Å². The molecule has 1 aromatic rings. The van der Waals surface area contributed by atoms with Crippen molar-refractivity contribution in [3.8, 4) is 0 Å². The van der Waals surface area contributed by atoms with E-state index in [1.165, 1.54) is 16.7 Å². The second-order valence-electron chi connectivity index (χ2n) is 6.44. The minimum absolute atomic E-state index is 0.304. The van der Waals surface area contributed by atoms with Crippen molar-refractivity contribution in [3.63, 3.8) is 0 Å². The maximum atomic E-state index is 11.2. The summed E-state index contributed by atoms with van der Waals surface area (Å²) in [5.41, 5.74) is 1.10. The number of anilines is 1. The number of aliphatic hydroxyl groups is 1. The van der Waals surface area contributed by atoms with Gasteiger partial charge in [-0.05, 0) is 32.4 Å². The van der Waals surface area contributed by atoms with E-state index in [0.717, 1.165) is 36.5 Å². The number of fused-ring (bicyclic) bond motifs is 1. The van der Waals surface area contributed by atoms with Gasteiger partial charge in [0.1, 0.15) is 5.82 Å². The largest absolute Gasteiger partial charge is 0.465 e. The molecule has 1 atom stereocenters. The summed E-state index contributed by atoms with van der Waals surface area (Å²) < 4.78 is 0. The molecule has 1 saturated heterocycles. The van der Waals surface area contributed by atoms with E-state index in [1.54, 1.807) is 0 Å². The lowest BCUT2D eigenvalue weighted by atomic mass is 9.94. The summed E-state index contributed by atoms with van der Waals surface area (Å²) in [7, 11) is 0. The summed E-state index contributed by atoms with van der Waals surface area (Å²) in [5.74, 6) is 0.865. The number of rotatable bonds is 2. The Hall–Kier alpha value is -1.54. The highest BCUT2D eigenvalue weighted by molar-refractivity contribution is 7.98. The summed E-state index contributed by atoms with van der Waals surface area (Å²) in [6.07, 6.45) is 3.32. The lowest BCUT2D eigenvalue weighted by Crippen LogP contribution is -2.47. The number of amides is 1. The molecule has 0 spiro atoms. The normalized spacial score (nSPS) is 24.5. The lowest BCUT2D eigenvalue weighted by molar-refractivity contribution is 0.0446. The van der Waals surface area contributed by atoms with Gasteiger partial charge in [-0.15, -0.1) is 0 Å². The average molecular weight is 338 g/mol. The molecule has 0 aliphatic carbocycles. The fourth-order valence-corrected chi connectivity index (χ4v) is 3.68. The highest BCUT2D eigenvalue weighted by Crippen LogP contribution is 2.32. The molecule has 126 valence electrons. The maximum Gasteiger partial charge on any atom is 0.407 e. The van der Waals surface area contributed by atoms with Crippen molar-refractivity contribution in [2.75, 3.05) is 30.8 Å². The molecule has 0 bridgehead atoms. The van der Waals surface area contributed by atoms with Gasteiger partial charge in [-0.25, -0.2) is 14.8 Å². The molecule has 2 aliphatic heterocycles. The molecule has 2 N–H and O–H groups in total. The highest BCUT2D eigenvalue weighted by Gasteiger charge is 2.33. The van der Waals surface area contributed by atoms with Crippen LogP contribution in [0.4, 0.5) is 10.6 Å². The number of thioether (sulfide) groups is 1. The average Bonchev–Trinajstić information content (AvgIpc) is 2.52. The molecule has 8 heteroatoms. The van der Waals surface area contributed by atoms with E-state index in [4.69, 9.17) is 0 Å². The van der Waals surface area contributed by atoms with Gasteiger partial charge in [0.15, 0.2) is 5.16 Å². The fraction of sp³-hybridized carbons (Fsp3) is 0.667. The zero-order valence-corrected chi connectivity index (χ0v) is 14.3. The van der Waals surface area contributed by atoms with Crippen LogP contribution in [0.2, 0.25) is 0 Å². The monoisotopic (exact) mass is 338 g/mol. The van der Waals surface area contributed by atoms with Crippen molar-refractivity contribution in [2.45, 2.75) is 43.5 Å². The predicted molar refractivity (Wildman–Crippen MR) is 88.0 cm³/mol. The van der Waals surface area contributed by atoms with Gasteiger partial charge in [-0.2, -0.15) is 0 Å². The second-order valence-corrected chi connectivity index (χ2v) is 7.21. The highest BCUT2D eigenvalue weighted by atomic mass is 32.2. The van der Waals surface area contributed by atoms with Crippen LogP contribution in [0.3, 0.4) is 0 Å². The molecule has 1 aromatic heterocycles. The molecule has 0 saturated carbocycles. The van der Waals surface area contributed by atoms with Crippen molar-refractivity contribution in [1.29, 1.82) is 0 Å². The van der Waals surface area contributed by atoms with Crippen LogP contribution in [0.15, 0.2) is 5.16 Å². The van der Waals surface area contributed by atoms with Crippen molar-refractivity contribution >= 4 is 23.7 Å². The third-order valence-corrected chi connectivity index (χ3v) is 5.00. The molecule has 3 heterocycles. The smallest absolute Gasteiger partial charge is 0.407 e. The number of hydrogen-bond acceptors (Lipinski definition) is 6. The van der Waals surface area contributed by atoms with E-state index in [2.05, 4.69) is 14.9 Å². The number of hydrogen-bond donors (Lipinski definition) is 2. The second kappa shape index (κ2) is 6.16. The van der Waals surface area contributed by atoms with Crippen molar-refractivity contribution in [1.82, 2.24) is 14.9 Å². The molecule has 23 heavy (non-hydrogen) atoms. The number of carbonyl (C=O) groups is 1. The first-order chi connectivity index (χ1) is 10.9. The van der Waals surface area contributed by atoms with Crippen LogP contribution in [0, 0.1) is 0 Å². The van der Waals surface area contributed by atoms with Gasteiger partial charge in [0.05, 0.1) is 17.8 Å². The molecular formula is C15H22N4O3S. The van der Waals surface area contributed by atoms with E-state index < -0.39 is 11.7 Å². The van der Waals surface area contributed by atoms with E-state index in [9.17, 15) is 15.0 Å². The maximum absolute atomic E-state index is 11.2. The van der Waals surface area contributed by atoms with Gasteiger partial charge in [0.25, 0.3) is 0 Å². The first-order valence-electron chi connectivity index (χ1n) is 7.78. The van der Waals surface area contributed by atoms with Gasteiger partial charge in [-0.1, -0.05) is 11.8 Å². The van der Waals surface area contributed by atoms with E-state index >= 15 is 0 Å². The summed E-state index contributed by atoms with van der Waals surface area (Å²) in [6.45, 7) is 4.02. The van der Waals surface area contributed by atoms with Gasteiger partial charge in [0.2, 0.25) is 0 Å². The molecule has 2 aliphatic rings. The Morgan fingerprint density at radius 2 is 2.13 bits per heavy atom. The number of nitrogens with zero attached hydrogens (tertiary/aromatic N) is 4. The molecule has 1 amide bonds. The Morgan fingerprint density at radius 3 is 2.78 bits per heavy atom. The SMILES string of the molecule is CSc1nc2c(c(N3CCC[C@@](C)(O)C3)n1)CCN(C(=O)O)C2. The standard InChI is InChI=1S/C15H22N4O3S/c1-15(22)5-3-6-19(9-15)12-10-4-7-18(14(20)21)8-11(10)16-13(17-12)23-2/h22H,3-9H2,1-2H3,(H,20,21)/t15-/m1/s1.